The van der Waals surface area contributed by atoms with E-state index in [0.717, 1.165) is 37.4 Å². The van der Waals surface area contributed by atoms with Gasteiger partial charge in [-0.2, -0.15) is 0 Å². The third-order valence-electron chi connectivity index (χ3n) is 9.03. The van der Waals surface area contributed by atoms with E-state index < -0.39 is 0 Å². The van der Waals surface area contributed by atoms with Gasteiger partial charge in [0, 0.05) is 22.4 Å². The fourth-order valence-electron chi connectivity index (χ4n) is 6.36. The Labute approximate surface area is 213 Å². The molecule has 0 spiro atoms. The van der Waals surface area contributed by atoms with Crippen LogP contribution < -0.4 is 0 Å². The van der Waals surface area contributed by atoms with E-state index in [-0.39, 0.29) is 5.41 Å². The van der Waals surface area contributed by atoms with Crippen molar-refractivity contribution >= 4 is 6.08 Å². The zero-order valence-electron chi connectivity index (χ0n) is 23.0. The standard InChI is InChI=1S/C33H45NO/c1-9-30-28(18-26-13-15-33(10-2,16-14-26)21(3)4)29-19-27(17-22(5)11-12-31(29)34-30)32-24(7)23(6)20-35-25(32)8/h10,17,19,26,34H,2-3,9,11-16,18,20H2,1,4-8H3. The molecule has 2 aliphatic carbocycles. The van der Waals surface area contributed by atoms with Crippen LogP contribution in [-0.4, -0.2) is 11.6 Å². The summed E-state index contributed by atoms with van der Waals surface area (Å²) in [5.74, 6) is 1.77. The molecule has 0 aromatic carbocycles. The lowest BCUT2D eigenvalue weighted by Crippen LogP contribution is -2.27. The first-order chi connectivity index (χ1) is 16.7. The Kier molecular flexibility index (Phi) is 7.50. The number of aromatic amines is 1. The summed E-state index contributed by atoms with van der Waals surface area (Å²) in [4.78, 5) is 3.87. The first kappa shape index (κ1) is 25.6. The summed E-state index contributed by atoms with van der Waals surface area (Å²) in [5.41, 5.74) is 14.0. The number of rotatable bonds is 6. The number of aromatic nitrogens is 1. The van der Waals surface area contributed by atoms with Gasteiger partial charge in [-0.15, -0.1) is 6.58 Å². The molecule has 0 bridgehead atoms. The van der Waals surface area contributed by atoms with E-state index in [1.807, 2.05) is 0 Å². The third-order valence-corrected chi connectivity index (χ3v) is 9.03. The highest BCUT2D eigenvalue weighted by Gasteiger charge is 2.34. The van der Waals surface area contributed by atoms with E-state index in [4.69, 9.17) is 4.74 Å². The van der Waals surface area contributed by atoms with Crippen LogP contribution in [0, 0.1) is 11.3 Å². The summed E-state index contributed by atoms with van der Waals surface area (Å²) in [7, 11) is 0. The monoisotopic (exact) mass is 471 g/mol. The first-order valence-corrected chi connectivity index (χ1v) is 13.6. The van der Waals surface area contributed by atoms with Crippen LogP contribution in [0.15, 0.2) is 64.5 Å². The van der Waals surface area contributed by atoms with Gasteiger partial charge in [-0.05, 0) is 126 Å². The van der Waals surface area contributed by atoms with E-state index in [0.29, 0.717) is 6.61 Å². The maximum Gasteiger partial charge on any atom is 0.109 e. The molecule has 35 heavy (non-hydrogen) atoms. The lowest BCUT2D eigenvalue weighted by Gasteiger charge is -2.39. The van der Waals surface area contributed by atoms with E-state index in [2.05, 4.69) is 77.9 Å². The largest absolute Gasteiger partial charge is 0.493 e. The molecule has 2 nitrogen and oxygen atoms in total. The summed E-state index contributed by atoms with van der Waals surface area (Å²) in [5, 5.41) is 0. The number of hydrogen-bond donors (Lipinski definition) is 1. The first-order valence-electron chi connectivity index (χ1n) is 13.6. The number of aryl methyl sites for hydroxylation is 2. The predicted octanol–water partition coefficient (Wildman–Crippen LogP) is 8.97. The predicted molar refractivity (Wildman–Crippen MR) is 150 cm³/mol. The van der Waals surface area contributed by atoms with E-state index >= 15 is 0 Å². The number of nitrogens with one attached hydrogen (secondary N) is 1. The van der Waals surface area contributed by atoms with Crippen LogP contribution in [0.4, 0.5) is 0 Å². The summed E-state index contributed by atoms with van der Waals surface area (Å²) < 4.78 is 6.08. The highest BCUT2D eigenvalue weighted by Crippen LogP contribution is 2.46. The Morgan fingerprint density at radius 3 is 2.49 bits per heavy atom. The van der Waals surface area contributed by atoms with Gasteiger partial charge in [0.25, 0.3) is 0 Å². The maximum absolute atomic E-state index is 6.08. The molecule has 1 saturated carbocycles. The molecule has 1 aromatic rings. The third kappa shape index (κ3) is 4.95. The summed E-state index contributed by atoms with van der Waals surface area (Å²) in [6, 6.07) is 0. The van der Waals surface area contributed by atoms with Crippen molar-refractivity contribution in [2.45, 2.75) is 92.9 Å². The van der Waals surface area contributed by atoms with Gasteiger partial charge in [-0.25, -0.2) is 0 Å². The Hall–Kier alpha value is -2.48. The summed E-state index contributed by atoms with van der Waals surface area (Å²) in [6.07, 6.45) is 16.3. The van der Waals surface area contributed by atoms with Crippen LogP contribution in [0.2, 0.25) is 0 Å². The highest BCUT2D eigenvalue weighted by atomic mass is 16.5. The minimum Gasteiger partial charge on any atom is -0.493 e. The van der Waals surface area contributed by atoms with Gasteiger partial charge in [0.15, 0.2) is 0 Å². The number of ether oxygens (including phenoxy) is 1. The van der Waals surface area contributed by atoms with Crippen molar-refractivity contribution in [1.82, 2.24) is 4.98 Å². The number of fused-ring (bicyclic) bond motifs is 1. The van der Waals surface area contributed by atoms with Crippen LogP contribution in [0.5, 0.6) is 0 Å². The molecule has 2 heterocycles. The van der Waals surface area contributed by atoms with Gasteiger partial charge in [-0.1, -0.05) is 36.8 Å². The summed E-state index contributed by atoms with van der Waals surface area (Å²) >= 11 is 0. The SMILES string of the molecule is C=CC1(C(=C)C)CCC(Cc2c(CC)[nH]c3c2C=C(C2=C(C)OCC(C)=C2C)C=C(C)CC3)CC1. The van der Waals surface area contributed by atoms with Crippen molar-refractivity contribution in [3.05, 3.63) is 87.0 Å². The van der Waals surface area contributed by atoms with Crippen molar-refractivity contribution in [2.24, 2.45) is 11.3 Å². The van der Waals surface area contributed by atoms with Gasteiger partial charge >= 0.3 is 0 Å². The van der Waals surface area contributed by atoms with Crippen LogP contribution in [0.3, 0.4) is 0 Å². The topological polar surface area (TPSA) is 25.0 Å². The molecule has 0 unspecified atom stereocenters. The van der Waals surface area contributed by atoms with Crippen molar-refractivity contribution in [2.75, 3.05) is 6.61 Å². The van der Waals surface area contributed by atoms with Crippen LogP contribution >= 0.6 is 0 Å². The van der Waals surface area contributed by atoms with Crippen molar-refractivity contribution in [1.29, 1.82) is 0 Å². The number of allylic oxidation sites excluding steroid dienone is 8. The fourth-order valence-corrected chi connectivity index (χ4v) is 6.36. The minimum atomic E-state index is 0.138. The fraction of sp³-hybridized carbons (Fsp3) is 0.515. The molecule has 3 aliphatic rings. The van der Waals surface area contributed by atoms with E-state index in [9.17, 15) is 0 Å². The molecule has 1 aromatic heterocycles. The molecular weight excluding hydrogens is 426 g/mol. The number of hydrogen-bond acceptors (Lipinski definition) is 1. The second kappa shape index (κ2) is 10.2. The van der Waals surface area contributed by atoms with Crippen LogP contribution in [0.25, 0.3) is 6.08 Å². The molecule has 4 rings (SSSR count). The lowest BCUT2D eigenvalue weighted by molar-refractivity contribution is 0.232. The highest BCUT2D eigenvalue weighted by molar-refractivity contribution is 5.72. The normalized spacial score (nSPS) is 25.3. The minimum absolute atomic E-state index is 0.138. The molecule has 1 aliphatic heterocycles. The van der Waals surface area contributed by atoms with Crippen molar-refractivity contribution in [3.63, 3.8) is 0 Å². The Morgan fingerprint density at radius 1 is 1.14 bits per heavy atom. The maximum atomic E-state index is 6.08. The molecule has 0 radical (unpaired) electrons. The quantitative estimate of drug-likeness (QED) is 0.411. The van der Waals surface area contributed by atoms with Crippen LogP contribution in [-0.2, 0) is 24.0 Å². The molecular formula is C33H45NO. The van der Waals surface area contributed by atoms with Gasteiger partial charge in [0.05, 0.1) is 0 Å². The second-order valence-corrected chi connectivity index (χ2v) is 11.3. The Balaban J connectivity index is 1.73. The lowest BCUT2D eigenvalue weighted by atomic mass is 9.66. The Morgan fingerprint density at radius 2 is 1.86 bits per heavy atom. The average molecular weight is 472 g/mol. The van der Waals surface area contributed by atoms with Gasteiger partial charge in [-0.3, -0.25) is 0 Å². The Bertz CT molecular complexity index is 1140. The van der Waals surface area contributed by atoms with Gasteiger partial charge in [0.1, 0.15) is 12.4 Å². The smallest absolute Gasteiger partial charge is 0.109 e. The molecule has 0 atom stereocenters. The van der Waals surface area contributed by atoms with E-state index in [1.165, 1.54) is 76.1 Å². The van der Waals surface area contributed by atoms with Crippen molar-refractivity contribution in [3.8, 4) is 0 Å². The van der Waals surface area contributed by atoms with E-state index in [1.54, 1.807) is 5.56 Å². The molecule has 2 heteroatoms. The molecule has 1 N–H and O–H groups in total. The second-order valence-electron chi connectivity index (χ2n) is 11.3. The van der Waals surface area contributed by atoms with Gasteiger partial charge < -0.3 is 9.72 Å². The number of H-pyrrole nitrogens is 1. The van der Waals surface area contributed by atoms with Crippen molar-refractivity contribution < 1.29 is 4.74 Å². The summed E-state index contributed by atoms with van der Waals surface area (Å²) in [6.45, 7) is 22.5. The zero-order valence-corrected chi connectivity index (χ0v) is 23.0. The zero-order chi connectivity index (χ0) is 25.3. The molecule has 0 amide bonds. The molecule has 1 fully saturated rings. The molecule has 188 valence electrons. The molecule has 0 saturated heterocycles. The average Bonchev–Trinajstić information content (AvgIpc) is 3.15. The van der Waals surface area contributed by atoms with Gasteiger partial charge in [0.2, 0.25) is 0 Å². The van der Waals surface area contributed by atoms with Crippen LogP contribution in [0.1, 0.15) is 96.2 Å².